The minimum atomic E-state index is -1.19. The number of halogens is 2. The van der Waals surface area contributed by atoms with E-state index in [1.165, 1.54) is 12.3 Å². The number of carboxylic acid groups (broad SMARTS) is 1. The van der Waals surface area contributed by atoms with Gasteiger partial charge < -0.3 is 9.52 Å². The summed E-state index contributed by atoms with van der Waals surface area (Å²) < 4.78 is 19.3. The summed E-state index contributed by atoms with van der Waals surface area (Å²) in [5.74, 6) is -1.46. The lowest BCUT2D eigenvalue weighted by Crippen LogP contribution is -2.06. The van der Waals surface area contributed by atoms with Crippen LogP contribution in [0.25, 0.3) is 22.4 Å². The first-order chi connectivity index (χ1) is 10.0. The molecular formula is C15H9ClFNO3. The van der Waals surface area contributed by atoms with Crippen LogP contribution in [0.3, 0.4) is 0 Å². The van der Waals surface area contributed by atoms with Crippen LogP contribution in [0.4, 0.5) is 4.39 Å². The van der Waals surface area contributed by atoms with E-state index in [1.807, 2.05) is 0 Å². The molecule has 0 fully saturated rings. The summed E-state index contributed by atoms with van der Waals surface area (Å²) in [6, 6.07) is 5.76. The number of carboxylic acids is 1. The maximum Gasteiger partial charge on any atom is 0.336 e. The summed E-state index contributed by atoms with van der Waals surface area (Å²) in [4.78, 5) is 15.8. The lowest BCUT2D eigenvalue weighted by Gasteiger charge is -2.12. The van der Waals surface area contributed by atoms with E-state index >= 15 is 0 Å². The molecule has 3 rings (SSSR count). The van der Waals surface area contributed by atoms with Crippen molar-refractivity contribution in [3.8, 4) is 11.5 Å². The molecule has 21 heavy (non-hydrogen) atoms. The standard InChI is InChI=1S/C15H9ClFNO3/c1-7-11(15(19)20)12-8(16)4-5-9(17)14(12)18-13(7)10-3-2-6-21-10/h2-6H,1H3,(H,19,20). The van der Waals surface area contributed by atoms with Gasteiger partial charge in [-0.2, -0.15) is 0 Å². The largest absolute Gasteiger partial charge is 0.478 e. The smallest absolute Gasteiger partial charge is 0.336 e. The zero-order chi connectivity index (χ0) is 15.1. The average Bonchev–Trinajstić information content (AvgIpc) is 2.96. The third kappa shape index (κ3) is 2.06. The van der Waals surface area contributed by atoms with Crippen LogP contribution < -0.4 is 0 Å². The van der Waals surface area contributed by atoms with Gasteiger partial charge in [-0.1, -0.05) is 11.6 Å². The first-order valence-corrected chi connectivity index (χ1v) is 6.44. The molecule has 0 aliphatic rings. The van der Waals surface area contributed by atoms with Crippen LogP contribution in [0.2, 0.25) is 5.02 Å². The molecule has 0 saturated heterocycles. The number of furan rings is 1. The van der Waals surface area contributed by atoms with Crippen LogP contribution in [-0.2, 0) is 0 Å². The van der Waals surface area contributed by atoms with Crippen LogP contribution in [0.1, 0.15) is 15.9 Å². The Kier molecular flexibility index (Phi) is 3.14. The molecule has 0 amide bonds. The molecule has 1 N–H and O–H groups in total. The highest BCUT2D eigenvalue weighted by Crippen LogP contribution is 2.34. The number of pyridine rings is 1. The van der Waals surface area contributed by atoms with Crippen molar-refractivity contribution < 1.29 is 18.7 Å². The molecule has 2 heterocycles. The van der Waals surface area contributed by atoms with Gasteiger partial charge in [0.1, 0.15) is 17.0 Å². The molecule has 3 aromatic rings. The Balaban J connectivity index is 2.52. The van der Waals surface area contributed by atoms with Crippen LogP contribution in [0.5, 0.6) is 0 Å². The normalized spacial score (nSPS) is 11.0. The summed E-state index contributed by atoms with van der Waals surface area (Å²) in [5, 5.41) is 9.70. The third-order valence-electron chi connectivity index (χ3n) is 3.25. The predicted octanol–water partition coefficient (Wildman–Crippen LogP) is 4.29. The number of hydrogen-bond acceptors (Lipinski definition) is 3. The van der Waals surface area contributed by atoms with Crippen molar-refractivity contribution in [3.63, 3.8) is 0 Å². The molecule has 0 aliphatic heterocycles. The Bertz CT molecular complexity index is 859. The summed E-state index contributed by atoms with van der Waals surface area (Å²) in [7, 11) is 0. The molecule has 1 aromatic carbocycles. The average molecular weight is 306 g/mol. The molecule has 106 valence electrons. The number of fused-ring (bicyclic) bond motifs is 1. The van der Waals surface area contributed by atoms with E-state index in [0.717, 1.165) is 6.07 Å². The van der Waals surface area contributed by atoms with E-state index in [2.05, 4.69) is 4.98 Å². The Hall–Kier alpha value is -2.40. The highest BCUT2D eigenvalue weighted by molar-refractivity contribution is 6.36. The molecule has 0 bridgehead atoms. The fourth-order valence-corrected chi connectivity index (χ4v) is 2.56. The Labute approximate surface area is 123 Å². The number of benzene rings is 1. The topological polar surface area (TPSA) is 63.3 Å². The molecule has 4 nitrogen and oxygen atoms in total. The molecule has 0 radical (unpaired) electrons. The van der Waals surface area contributed by atoms with Gasteiger partial charge in [-0.3, -0.25) is 0 Å². The van der Waals surface area contributed by atoms with E-state index < -0.39 is 11.8 Å². The van der Waals surface area contributed by atoms with Crippen molar-refractivity contribution in [2.45, 2.75) is 6.92 Å². The number of hydrogen-bond donors (Lipinski definition) is 1. The lowest BCUT2D eigenvalue weighted by atomic mass is 10.00. The number of aromatic carboxylic acids is 1. The van der Waals surface area contributed by atoms with Crippen molar-refractivity contribution in [1.29, 1.82) is 0 Å². The lowest BCUT2D eigenvalue weighted by molar-refractivity contribution is 0.0698. The summed E-state index contributed by atoms with van der Waals surface area (Å²) in [6.07, 6.45) is 1.44. The molecule has 2 aromatic heterocycles. The number of carbonyl (C=O) groups is 1. The minimum Gasteiger partial charge on any atom is -0.478 e. The van der Waals surface area contributed by atoms with Crippen LogP contribution in [0, 0.1) is 12.7 Å². The summed E-state index contributed by atoms with van der Waals surface area (Å²) in [6.45, 7) is 1.59. The maximum absolute atomic E-state index is 14.0. The fourth-order valence-electron chi connectivity index (χ4n) is 2.31. The second-order valence-electron chi connectivity index (χ2n) is 4.50. The Morgan fingerprint density at radius 1 is 1.38 bits per heavy atom. The van der Waals surface area contributed by atoms with Gasteiger partial charge in [-0.25, -0.2) is 14.2 Å². The monoisotopic (exact) mass is 305 g/mol. The van der Waals surface area contributed by atoms with E-state index in [1.54, 1.807) is 19.1 Å². The maximum atomic E-state index is 14.0. The van der Waals surface area contributed by atoms with Crippen molar-refractivity contribution in [1.82, 2.24) is 4.98 Å². The fraction of sp³-hybridized carbons (Fsp3) is 0.0667. The predicted molar refractivity (Wildman–Crippen MR) is 76.1 cm³/mol. The molecule has 0 spiro atoms. The van der Waals surface area contributed by atoms with Crippen molar-refractivity contribution >= 4 is 28.5 Å². The van der Waals surface area contributed by atoms with Crippen LogP contribution in [0.15, 0.2) is 34.9 Å². The highest BCUT2D eigenvalue weighted by atomic mass is 35.5. The van der Waals surface area contributed by atoms with Gasteiger partial charge in [0, 0.05) is 5.39 Å². The molecule has 0 aliphatic carbocycles. The van der Waals surface area contributed by atoms with Gasteiger partial charge in [-0.05, 0) is 36.8 Å². The van der Waals surface area contributed by atoms with Crippen molar-refractivity contribution in [2.24, 2.45) is 0 Å². The number of rotatable bonds is 2. The van der Waals surface area contributed by atoms with E-state index in [-0.39, 0.29) is 27.2 Å². The van der Waals surface area contributed by atoms with Crippen LogP contribution in [-0.4, -0.2) is 16.1 Å². The second-order valence-corrected chi connectivity index (χ2v) is 4.90. The Morgan fingerprint density at radius 3 is 2.76 bits per heavy atom. The van der Waals surface area contributed by atoms with Crippen LogP contribution >= 0.6 is 11.6 Å². The third-order valence-corrected chi connectivity index (χ3v) is 3.57. The molecule has 0 atom stereocenters. The van der Waals surface area contributed by atoms with Gasteiger partial charge in [-0.15, -0.1) is 0 Å². The second kappa shape index (κ2) is 4.86. The quantitative estimate of drug-likeness (QED) is 0.767. The van der Waals surface area contributed by atoms with Gasteiger partial charge in [0.05, 0.1) is 16.8 Å². The zero-order valence-corrected chi connectivity index (χ0v) is 11.6. The number of nitrogens with zero attached hydrogens (tertiary/aromatic N) is 1. The summed E-state index contributed by atoms with van der Waals surface area (Å²) >= 11 is 6.03. The Morgan fingerprint density at radius 2 is 2.14 bits per heavy atom. The molecular weight excluding hydrogens is 297 g/mol. The van der Waals surface area contributed by atoms with E-state index in [9.17, 15) is 14.3 Å². The molecule has 6 heteroatoms. The van der Waals surface area contributed by atoms with Crippen molar-refractivity contribution in [3.05, 3.63) is 52.5 Å². The van der Waals surface area contributed by atoms with Gasteiger partial charge in [0.15, 0.2) is 5.76 Å². The van der Waals surface area contributed by atoms with E-state index in [4.69, 9.17) is 16.0 Å². The highest BCUT2D eigenvalue weighted by Gasteiger charge is 2.22. The minimum absolute atomic E-state index is 0.0732. The van der Waals surface area contributed by atoms with Crippen molar-refractivity contribution in [2.75, 3.05) is 0 Å². The van der Waals surface area contributed by atoms with Gasteiger partial charge in [0.25, 0.3) is 0 Å². The molecule has 0 saturated carbocycles. The number of aromatic nitrogens is 1. The first-order valence-electron chi connectivity index (χ1n) is 6.06. The van der Waals surface area contributed by atoms with Gasteiger partial charge in [0.2, 0.25) is 0 Å². The summed E-state index contributed by atoms with van der Waals surface area (Å²) in [5.41, 5.74) is 0.497. The van der Waals surface area contributed by atoms with Gasteiger partial charge >= 0.3 is 5.97 Å². The zero-order valence-electron chi connectivity index (χ0n) is 10.9. The van der Waals surface area contributed by atoms with E-state index in [0.29, 0.717) is 11.3 Å². The SMILES string of the molecule is Cc1c(-c2ccco2)nc2c(F)ccc(Cl)c2c1C(=O)O. The first kappa shape index (κ1) is 13.6. The molecule has 0 unspecified atom stereocenters.